The molecule has 2 rings (SSSR count). The lowest BCUT2D eigenvalue weighted by molar-refractivity contribution is -0.136. The number of nitrogens with zero attached hydrogens (tertiary/aromatic N) is 1. The number of aryl methyl sites for hydroxylation is 1. The molecule has 0 bridgehead atoms. The van der Waals surface area contributed by atoms with Gasteiger partial charge in [-0.1, -0.05) is 6.07 Å². The second-order valence-electron chi connectivity index (χ2n) is 4.18. The molecule has 1 unspecified atom stereocenters. The summed E-state index contributed by atoms with van der Waals surface area (Å²) < 4.78 is 0. The third-order valence-corrected chi connectivity index (χ3v) is 4.25. The summed E-state index contributed by atoms with van der Waals surface area (Å²) in [6, 6.07) is 4.08. The summed E-state index contributed by atoms with van der Waals surface area (Å²) in [7, 11) is 1.96. The van der Waals surface area contributed by atoms with Crippen LogP contribution in [0.15, 0.2) is 17.0 Å². The number of anilines is 1. The maximum Gasteiger partial charge on any atom is 0.318 e. The molecule has 4 heteroatoms. The van der Waals surface area contributed by atoms with Gasteiger partial charge in [0.15, 0.2) is 0 Å². The van der Waals surface area contributed by atoms with Crippen molar-refractivity contribution in [2.24, 2.45) is 0 Å². The van der Waals surface area contributed by atoms with Crippen LogP contribution in [0.25, 0.3) is 0 Å². The Hall–Kier alpha value is -1.16. The Balaban J connectivity index is 2.46. The van der Waals surface area contributed by atoms with Crippen LogP contribution >= 0.6 is 11.8 Å². The molecule has 1 aromatic rings. The van der Waals surface area contributed by atoms with Crippen molar-refractivity contribution in [3.8, 4) is 0 Å². The molecule has 1 N–H and O–H groups in total. The first kappa shape index (κ1) is 11.3. The smallest absolute Gasteiger partial charge is 0.318 e. The minimum atomic E-state index is -0.735. The van der Waals surface area contributed by atoms with Crippen molar-refractivity contribution in [3.05, 3.63) is 23.3 Å². The van der Waals surface area contributed by atoms with Crippen molar-refractivity contribution >= 4 is 23.4 Å². The van der Waals surface area contributed by atoms with E-state index in [0.29, 0.717) is 6.54 Å². The SMILES string of the molecule is Cc1ccc2c(c1C)N(C)CC(C(=O)O)S2. The molecule has 0 aliphatic carbocycles. The van der Waals surface area contributed by atoms with Crippen LogP contribution in [0, 0.1) is 13.8 Å². The maximum atomic E-state index is 11.0. The van der Waals surface area contributed by atoms with Gasteiger partial charge in [-0.3, -0.25) is 4.79 Å². The molecule has 0 spiro atoms. The highest BCUT2D eigenvalue weighted by Gasteiger charge is 2.29. The van der Waals surface area contributed by atoms with E-state index in [0.717, 1.165) is 4.90 Å². The van der Waals surface area contributed by atoms with Gasteiger partial charge in [0.25, 0.3) is 0 Å². The monoisotopic (exact) mass is 237 g/mol. The first-order valence-corrected chi connectivity index (χ1v) is 6.09. The van der Waals surface area contributed by atoms with Crippen molar-refractivity contribution in [2.75, 3.05) is 18.5 Å². The average molecular weight is 237 g/mol. The van der Waals surface area contributed by atoms with Gasteiger partial charge in [0.1, 0.15) is 5.25 Å². The Kier molecular flexibility index (Phi) is 2.84. The summed E-state index contributed by atoms with van der Waals surface area (Å²) in [4.78, 5) is 14.1. The molecule has 1 atom stereocenters. The van der Waals surface area contributed by atoms with Crippen LogP contribution in [0.3, 0.4) is 0 Å². The normalized spacial score (nSPS) is 19.4. The molecule has 0 radical (unpaired) electrons. The number of carboxylic acids is 1. The van der Waals surface area contributed by atoms with Crippen LogP contribution in [0.5, 0.6) is 0 Å². The lowest BCUT2D eigenvalue weighted by Gasteiger charge is -2.32. The number of aliphatic carboxylic acids is 1. The summed E-state index contributed by atoms with van der Waals surface area (Å²) in [6.07, 6.45) is 0. The van der Waals surface area contributed by atoms with Crippen LogP contribution in [-0.2, 0) is 4.79 Å². The molecule has 0 fully saturated rings. The van der Waals surface area contributed by atoms with Crippen LogP contribution in [-0.4, -0.2) is 29.9 Å². The first-order valence-electron chi connectivity index (χ1n) is 5.21. The zero-order chi connectivity index (χ0) is 11.9. The van der Waals surface area contributed by atoms with E-state index in [-0.39, 0.29) is 5.25 Å². The van der Waals surface area contributed by atoms with Gasteiger partial charge in [-0.25, -0.2) is 0 Å². The van der Waals surface area contributed by atoms with Crippen molar-refractivity contribution in [2.45, 2.75) is 24.0 Å². The molecule has 3 nitrogen and oxygen atoms in total. The molecular weight excluding hydrogens is 222 g/mol. The fourth-order valence-corrected chi connectivity index (χ4v) is 3.28. The van der Waals surface area contributed by atoms with Crippen molar-refractivity contribution in [1.82, 2.24) is 0 Å². The molecule has 86 valence electrons. The number of carbonyl (C=O) groups is 1. The molecule has 1 heterocycles. The van der Waals surface area contributed by atoms with Crippen molar-refractivity contribution in [3.63, 3.8) is 0 Å². The number of hydrogen-bond acceptors (Lipinski definition) is 3. The lowest BCUT2D eigenvalue weighted by Crippen LogP contribution is -2.36. The third-order valence-electron chi connectivity index (χ3n) is 3.03. The van der Waals surface area contributed by atoms with E-state index < -0.39 is 5.97 Å². The van der Waals surface area contributed by atoms with E-state index in [1.807, 2.05) is 18.0 Å². The first-order chi connectivity index (χ1) is 7.50. The zero-order valence-corrected chi connectivity index (χ0v) is 10.5. The highest BCUT2D eigenvalue weighted by Crippen LogP contribution is 2.40. The third kappa shape index (κ3) is 1.78. The molecule has 1 aliphatic heterocycles. The molecule has 0 amide bonds. The van der Waals surface area contributed by atoms with Crippen molar-refractivity contribution < 1.29 is 9.90 Å². The van der Waals surface area contributed by atoms with Gasteiger partial charge in [-0.2, -0.15) is 0 Å². The fourth-order valence-electron chi connectivity index (χ4n) is 2.00. The second kappa shape index (κ2) is 4.01. The van der Waals surface area contributed by atoms with E-state index in [1.165, 1.54) is 28.6 Å². The maximum absolute atomic E-state index is 11.0. The Bertz CT molecular complexity index is 445. The predicted molar refractivity (Wildman–Crippen MR) is 66.5 cm³/mol. The number of thioether (sulfide) groups is 1. The van der Waals surface area contributed by atoms with Gasteiger partial charge in [-0.05, 0) is 31.0 Å². The highest BCUT2D eigenvalue weighted by molar-refractivity contribution is 8.00. The summed E-state index contributed by atoms with van der Waals surface area (Å²) in [5.74, 6) is -0.735. The molecular formula is C12H15NO2S. The minimum Gasteiger partial charge on any atom is -0.480 e. The largest absolute Gasteiger partial charge is 0.480 e. The van der Waals surface area contributed by atoms with Crippen LogP contribution in [0.4, 0.5) is 5.69 Å². The summed E-state index contributed by atoms with van der Waals surface area (Å²) >= 11 is 1.45. The Labute approximate surface area is 99.5 Å². The summed E-state index contributed by atoms with van der Waals surface area (Å²) in [5, 5.41) is 8.70. The molecule has 0 saturated carbocycles. The Morgan fingerprint density at radius 3 is 2.81 bits per heavy atom. The highest BCUT2D eigenvalue weighted by atomic mass is 32.2. The number of benzene rings is 1. The molecule has 0 aromatic heterocycles. The molecule has 1 aromatic carbocycles. The number of carboxylic acid groups (broad SMARTS) is 1. The van der Waals surface area contributed by atoms with Gasteiger partial charge >= 0.3 is 5.97 Å². The number of hydrogen-bond donors (Lipinski definition) is 1. The van der Waals surface area contributed by atoms with E-state index in [2.05, 4.69) is 19.9 Å². The van der Waals surface area contributed by atoms with Crippen LogP contribution in [0.2, 0.25) is 0 Å². The topological polar surface area (TPSA) is 40.5 Å². The van der Waals surface area contributed by atoms with E-state index in [4.69, 9.17) is 5.11 Å². The number of rotatable bonds is 1. The second-order valence-corrected chi connectivity index (χ2v) is 5.42. The quantitative estimate of drug-likeness (QED) is 0.813. The zero-order valence-electron chi connectivity index (χ0n) is 9.65. The average Bonchev–Trinajstić information content (AvgIpc) is 2.22. The van der Waals surface area contributed by atoms with Gasteiger partial charge in [0.05, 0.1) is 5.69 Å². The van der Waals surface area contributed by atoms with E-state index >= 15 is 0 Å². The van der Waals surface area contributed by atoms with Crippen LogP contribution in [0.1, 0.15) is 11.1 Å². The Morgan fingerprint density at radius 1 is 1.50 bits per heavy atom. The molecule has 16 heavy (non-hydrogen) atoms. The van der Waals surface area contributed by atoms with Crippen molar-refractivity contribution in [1.29, 1.82) is 0 Å². The predicted octanol–water partition coefficient (Wildman–Crippen LogP) is 2.30. The molecule has 0 saturated heterocycles. The van der Waals surface area contributed by atoms with Gasteiger partial charge in [0, 0.05) is 18.5 Å². The van der Waals surface area contributed by atoms with Gasteiger partial charge < -0.3 is 10.0 Å². The lowest BCUT2D eigenvalue weighted by atomic mass is 10.1. The Morgan fingerprint density at radius 2 is 2.19 bits per heavy atom. The molecule has 1 aliphatic rings. The fraction of sp³-hybridized carbons (Fsp3) is 0.417. The summed E-state index contributed by atoms with van der Waals surface area (Å²) in [6.45, 7) is 4.74. The standard InChI is InChI=1S/C12H15NO2S/c1-7-4-5-9-11(8(7)2)13(3)6-10(16-9)12(14)15/h4-5,10H,6H2,1-3H3,(H,14,15). The van der Waals surface area contributed by atoms with Gasteiger partial charge in [-0.15, -0.1) is 11.8 Å². The van der Waals surface area contributed by atoms with E-state index in [1.54, 1.807) is 0 Å². The van der Waals surface area contributed by atoms with Gasteiger partial charge in [0.2, 0.25) is 0 Å². The minimum absolute atomic E-state index is 0.361. The van der Waals surface area contributed by atoms with E-state index in [9.17, 15) is 4.79 Å². The summed E-state index contributed by atoms with van der Waals surface area (Å²) in [5.41, 5.74) is 3.68. The van der Waals surface area contributed by atoms with Crippen LogP contribution < -0.4 is 4.90 Å². The number of fused-ring (bicyclic) bond motifs is 1.